The minimum Gasteiger partial charge on any atom is -0.497 e. The molecule has 0 spiro atoms. The topological polar surface area (TPSA) is 93.9 Å². The van der Waals surface area contributed by atoms with Crippen molar-refractivity contribution in [2.45, 2.75) is 51.1 Å². The summed E-state index contributed by atoms with van der Waals surface area (Å²) in [5.74, 6) is 0.928. The minimum atomic E-state index is -0.295. The van der Waals surface area contributed by atoms with Crippen LogP contribution in [0.25, 0.3) is 0 Å². The van der Waals surface area contributed by atoms with Gasteiger partial charge in [0, 0.05) is 25.8 Å². The molecule has 1 fully saturated rings. The van der Waals surface area contributed by atoms with Gasteiger partial charge in [-0.1, -0.05) is 36.6 Å². The molecule has 1 aromatic heterocycles. The molecule has 1 heterocycles. The van der Waals surface area contributed by atoms with E-state index in [2.05, 4.69) is 10.5 Å². The maximum atomic E-state index is 12.6. The second-order valence-corrected chi connectivity index (χ2v) is 7.78. The molecule has 1 aromatic carbocycles. The van der Waals surface area contributed by atoms with E-state index in [1.54, 1.807) is 18.1 Å². The summed E-state index contributed by atoms with van der Waals surface area (Å²) in [5, 5.41) is 6.75. The summed E-state index contributed by atoms with van der Waals surface area (Å²) in [5.41, 5.74) is 1.31. The maximum Gasteiger partial charge on any atom is 0.273 e. The Morgan fingerprint density at radius 1 is 1.16 bits per heavy atom. The van der Waals surface area contributed by atoms with Crippen LogP contribution in [-0.2, 0) is 22.5 Å². The van der Waals surface area contributed by atoms with E-state index >= 15 is 0 Å². The number of rotatable bonds is 10. The molecule has 8 heteroatoms. The number of ether oxygens (including phenoxy) is 2. The molecule has 0 saturated heterocycles. The number of carbonyl (C=O) groups is 2. The van der Waals surface area contributed by atoms with E-state index in [-0.39, 0.29) is 30.2 Å². The Labute approximate surface area is 182 Å². The molecule has 31 heavy (non-hydrogen) atoms. The number of carbonyl (C=O) groups excluding carboxylic acids is 2. The molecular formula is C23H31N3O5. The molecule has 0 unspecified atom stereocenters. The van der Waals surface area contributed by atoms with Crippen LogP contribution in [0.2, 0.25) is 0 Å². The van der Waals surface area contributed by atoms with Gasteiger partial charge in [0.25, 0.3) is 5.91 Å². The lowest BCUT2D eigenvalue weighted by atomic mass is 9.94. The largest absolute Gasteiger partial charge is 0.497 e. The van der Waals surface area contributed by atoms with Crippen molar-refractivity contribution < 1.29 is 23.6 Å². The zero-order chi connectivity index (χ0) is 22.1. The molecule has 1 aliphatic rings. The van der Waals surface area contributed by atoms with Gasteiger partial charge in [0.2, 0.25) is 5.91 Å². The van der Waals surface area contributed by atoms with Gasteiger partial charge in [0.05, 0.1) is 13.7 Å². The summed E-state index contributed by atoms with van der Waals surface area (Å²) in [7, 11) is 3.14. The number of benzene rings is 1. The Hall–Kier alpha value is -2.87. The average Bonchev–Trinajstić information content (AvgIpc) is 3.27. The Bertz CT molecular complexity index is 843. The van der Waals surface area contributed by atoms with Gasteiger partial charge in [-0.2, -0.15) is 0 Å². The second-order valence-electron chi connectivity index (χ2n) is 7.78. The van der Waals surface area contributed by atoms with Crippen LogP contribution in [0, 0.1) is 0 Å². The third-order valence-corrected chi connectivity index (χ3v) is 5.58. The predicted molar refractivity (Wildman–Crippen MR) is 115 cm³/mol. The molecule has 0 bridgehead atoms. The van der Waals surface area contributed by atoms with Crippen LogP contribution in [0.5, 0.6) is 5.75 Å². The van der Waals surface area contributed by atoms with Crippen molar-refractivity contribution in [1.29, 1.82) is 0 Å². The van der Waals surface area contributed by atoms with E-state index in [4.69, 9.17) is 14.0 Å². The Morgan fingerprint density at radius 3 is 2.58 bits per heavy atom. The Balaban J connectivity index is 1.54. The third-order valence-electron chi connectivity index (χ3n) is 5.58. The van der Waals surface area contributed by atoms with Crippen molar-refractivity contribution in [1.82, 2.24) is 15.4 Å². The smallest absolute Gasteiger partial charge is 0.273 e. The average molecular weight is 430 g/mol. The van der Waals surface area contributed by atoms with Crippen LogP contribution in [0.1, 0.15) is 53.9 Å². The number of hydrogen-bond acceptors (Lipinski definition) is 6. The standard InChI is InChI=1S/C23H31N3O5/c1-29-16-22(27)26(18-6-4-3-5-7-18)15-20-14-21(25-31-20)23(28)24-13-12-17-8-10-19(30-2)11-9-17/h8-11,14,18H,3-7,12-13,15-16H2,1-2H3,(H,24,28). The molecule has 3 rings (SSSR count). The van der Waals surface area contributed by atoms with E-state index < -0.39 is 0 Å². The summed E-state index contributed by atoms with van der Waals surface area (Å²) in [6.45, 7) is 0.802. The number of amides is 2. The zero-order valence-electron chi connectivity index (χ0n) is 18.3. The SMILES string of the molecule is COCC(=O)N(Cc1cc(C(=O)NCCc2ccc(OC)cc2)no1)C1CCCCC1. The third kappa shape index (κ3) is 6.55. The van der Waals surface area contributed by atoms with Crippen molar-refractivity contribution in [3.05, 3.63) is 47.3 Å². The first-order chi connectivity index (χ1) is 15.1. The molecule has 168 valence electrons. The highest BCUT2D eigenvalue weighted by Crippen LogP contribution is 2.24. The molecule has 8 nitrogen and oxygen atoms in total. The van der Waals surface area contributed by atoms with Crippen LogP contribution < -0.4 is 10.1 Å². The highest BCUT2D eigenvalue weighted by atomic mass is 16.5. The van der Waals surface area contributed by atoms with Crippen LogP contribution in [-0.4, -0.2) is 55.3 Å². The molecular weight excluding hydrogens is 398 g/mol. The van der Waals surface area contributed by atoms with Crippen molar-refractivity contribution in [2.75, 3.05) is 27.4 Å². The van der Waals surface area contributed by atoms with Crippen LogP contribution in [0.4, 0.5) is 0 Å². The van der Waals surface area contributed by atoms with E-state index in [0.717, 1.165) is 37.0 Å². The molecule has 1 aliphatic carbocycles. The maximum absolute atomic E-state index is 12.6. The lowest BCUT2D eigenvalue weighted by molar-refractivity contribution is -0.139. The van der Waals surface area contributed by atoms with E-state index in [1.807, 2.05) is 24.3 Å². The zero-order valence-corrected chi connectivity index (χ0v) is 18.3. The highest BCUT2D eigenvalue weighted by molar-refractivity contribution is 5.92. The van der Waals surface area contributed by atoms with Crippen molar-refractivity contribution in [3.63, 3.8) is 0 Å². The van der Waals surface area contributed by atoms with Gasteiger partial charge in [-0.15, -0.1) is 0 Å². The summed E-state index contributed by atoms with van der Waals surface area (Å²) in [6, 6.07) is 9.50. The Morgan fingerprint density at radius 2 is 1.90 bits per heavy atom. The number of nitrogens with zero attached hydrogens (tertiary/aromatic N) is 2. The molecule has 1 saturated carbocycles. The fourth-order valence-corrected chi connectivity index (χ4v) is 3.89. The summed E-state index contributed by atoms with van der Waals surface area (Å²) >= 11 is 0. The van der Waals surface area contributed by atoms with Gasteiger partial charge in [-0.25, -0.2) is 0 Å². The van der Waals surface area contributed by atoms with E-state index in [0.29, 0.717) is 25.3 Å². The number of hydrogen-bond donors (Lipinski definition) is 1. The summed E-state index contributed by atoms with van der Waals surface area (Å²) < 4.78 is 15.6. The quantitative estimate of drug-likeness (QED) is 0.624. The number of nitrogens with one attached hydrogen (secondary N) is 1. The van der Waals surface area contributed by atoms with Gasteiger partial charge in [0.1, 0.15) is 12.4 Å². The molecule has 0 radical (unpaired) electrons. The predicted octanol–water partition coefficient (Wildman–Crippen LogP) is 2.96. The molecule has 2 amide bonds. The lowest BCUT2D eigenvalue weighted by Gasteiger charge is -2.33. The minimum absolute atomic E-state index is 0.0311. The number of methoxy groups -OCH3 is 2. The monoisotopic (exact) mass is 429 g/mol. The Kier molecular flexibility index (Phi) is 8.46. The molecule has 0 atom stereocenters. The lowest BCUT2D eigenvalue weighted by Crippen LogP contribution is -2.42. The first kappa shape index (κ1) is 22.8. The highest BCUT2D eigenvalue weighted by Gasteiger charge is 2.27. The molecule has 0 aliphatic heterocycles. The van der Waals surface area contributed by atoms with E-state index in [9.17, 15) is 9.59 Å². The van der Waals surface area contributed by atoms with E-state index in [1.165, 1.54) is 13.5 Å². The molecule has 2 aromatic rings. The summed E-state index contributed by atoms with van der Waals surface area (Å²) in [6.07, 6.45) is 6.07. The van der Waals surface area contributed by atoms with Crippen LogP contribution in [0.15, 0.2) is 34.9 Å². The first-order valence-corrected chi connectivity index (χ1v) is 10.8. The van der Waals surface area contributed by atoms with Gasteiger partial charge in [-0.05, 0) is 37.0 Å². The van der Waals surface area contributed by atoms with Crippen LogP contribution >= 0.6 is 0 Å². The van der Waals surface area contributed by atoms with Gasteiger partial charge < -0.3 is 24.2 Å². The van der Waals surface area contributed by atoms with Gasteiger partial charge >= 0.3 is 0 Å². The molecule has 1 N–H and O–H groups in total. The van der Waals surface area contributed by atoms with Gasteiger partial charge in [0.15, 0.2) is 11.5 Å². The van der Waals surface area contributed by atoms with Crippen molar-refractivity contribution >= 4 is 11.8 Å². The van der Waals surface area contributed by atoms with Crippen LogP contribution in [0.3, 0.4) is 0 Å². The first-order valence-electron chi connectivity index (χ1n) is 10.8. The fourth-order valence-electron chi connectivity index (χ4n) is 3.89. The fraction of sp³-hybridized carbons (Fsp3) is 0.522. The van der Waals surface area contributed by atoms with Crippen molar-refractivity contribution in [2.24, 2.45) is 0 Å². The van der Waals surface area contributed by atoms with Crippen molar-refractivity contribution in [3.8, 4) is 5.75 Å². The number of aromatic nitrogens is 1. The normalized spacial score (nSPS) is 14.3. The second kappa shape index (κ2) is 11.5. The summed E-state index contributed by atoms with van der Waals surface area (Å²) in [4.78, 5) is 26.8. The van der Waals surface area contributed by atoms with Gasteiger partial charge in [-0.3, -0.25) is 9.59 Å².